The number of allylic oxidation sites excluding steroid dienone is 4. The second-order valence-corrected chi connectivity index (χ2v) is 8.93. The summed E-state index contributed by atoms with van der Waals surface area (Å²) in [6.45, 7) is 0. The summed E-state index contributed by atoms with van der Waals surface area (Å²) in [5, 5.41) is 0.0590. The summed E-state index contributed by atoms with van der Waals surface area (Å²) in [5.41, 5.74) is 1.48. The minimum absolute atomic E-state index is 0.0295. The van der Waals surface area contributed by atoms with Crippen molar-refractivity contribution in [3.05, 3.63) is 76.0 Å². The highest BCUT2D eigenvalue weighted by molar-refractivity contribution is 7.92. The lowest BCUT2D eigenvalue weighted by Gasteiger charge is -2.21. The molecule has 0 saturated heterocycles. The van der Waals surface area contributed by atoms with Gasteiger partial charge in [0.25, 0.3) is 5.91 Å². The van der Waals surface area contributed by atoms with Crippen LogP contribution in [0.25, 0.3) is 0 Å². The highest BCUT2D eigenvalue weighted by Gasteiger charge is 2.20. The Bertz CT molecular complexity index is 1000. The maximum atomic E-state index is 12.8. The van der Waals surface area contributed by atoms with Gasteiger partial charge in [-0.3, -0.25) is 14.4 Å². The maximum Gasteiger partial charge on any atom is 0.262 e. The monoisotopic (exact) mass is 440 g/mol. The lowest BCUT2D eigenvalue weighted by atomic mass is 10.0. The Morgan fingerprint density at radius 1 is 1.29 bits per heavy atom. The molecule has 1 aliphatic carbocycles. The molecule has 1 heterocycles. The fourth-order valence-corrected chi connectivity index (χ4v) is 4.06. The number of rotatable bonds is 5. The van der Waals surface area contributed by atoms with Crippen LogP contribution in [0.5, 0.6) is 0 Å². The van der Waals surface area contributed by atoms with Gasteiger partial charge in [0, 0.05) is 18.2 Å². The number of carbonyl (C=O) groups is 1. The minimum atomic E-state index is -3.56. The normalized spacial score (nSPS) is 16.3. The Labute approximate surface area is 173 Å². The SMILES string of the molecule is CS(=O)(=O)Nc1c(Cl)cc(C(=O)N2C=COC(CC3=CC=CCC3)=C2)cc1Cl. The fourth-order valence-electron chi connectivity index (χ4n) is 2.78. The average Bonchev–Trinajstić information content (AvgIpc) is 2.64. The van der Waals surface area contributed by atoms with E-state index in [9.17, 15) is 13.2 Å². The van der Waals surface area contributed by atoms with Crippen molar-refractivity contribution >= 4 is 44.8 Å². The largest absolute Gasteiger partial charge is 0.466 e. The summed E-state index contributed by atoms with van der Waals surface area (Å²) in [6, 6.07) is 2.74. The van der Waals surface area contributed by atoms with Gasteiger partial charge < -0.3 is 4.74 Å². The molecule has 0 radical (unpaired) electrons. The number of nitrogens with one attached hydrogen (secondary N) is 1. The molecule has 0 atom stereocenters. The van der Waals surface area contributed by atoms with Gasteiger partial charge in [-0.25, -0.2) is 8.42 Å². The van der Waals surface area contributed by atoms with Crippen molar-refractivity contribution in [1.82, 2.24) is 4.90 Å². The molecule has 3 rings (SSSR count). The minimum Gasteiger partial charge on any atom is -0.466 e. The molecule has 0 spiro atoms. The van der Waals surface area contributed by atoms with Crippen LogP contribution in [0.1, 0.15) is 29.6 Å². The molecule has 0 fully saturated rings. The van der Waals surface area contributed by atoms with Crippen molar-refractivity contribution in [2.45, 2.75) is 19.3 Å². The Morgan fingerprint density at radius 2 is 2.00 bits per heavy atom. The molecule has 1 aromatic rings. The van der Waals surface area contributed by atoms with E-state index < -0.39 is 10.0 Å². The van der Waals surface area contributed by atoms with Gasteiger partial charge in [-0.2, -0.15) is 0 Å². The molecule has 0 bridgehead atoms. The maximum absolute atomic E-state index is 12.8. The van der Waals surface area contributed by atoms with E-state index in [1.165, 1.54) is 35.1 Å². The highest BCUT2D eigenvalue weighted by Crippen LogP contribution is 2.33. The molecule has 0 aromatic heterocycles. The van der Waals surface area contributed by atoms with E-state index >= 15 is 0 Å². The topological polar surface area (TPSA) is 75.7 Å². The molecule has 0 saturated carbocycles. The van der Waals surface area contributed by atoms with E-state index in [4.69, 9.17) is 27.9 Å². The van der Waals surface area contributed by atoms with Gasteiger partial charge in [-0.05, 0) is 25.0 Å². The molecule has 1 N–H and O–H groups in total. The van der Waals surface area contributed by atoms with Crippen molar-refractivity contribution < 1.29 is 17.9 Å². The molecule has 28 heavy (non-hydrogen) atoms. The van der Waals surface area contributed by atoms with E-state index in [2.05, 4.69) is 10.8 Å². The first kappa shape index (κ1) is 20.5. The van der Waals surface area contributed by atoms with Gasteiger partial charge in [0.2, 0.25) is 10.0 Å². The summed E-state index contributed by atoms with van der Waals surface area (Å²) >= 11 is 12.3. The van der Waals surface area contributed by atoms with Gasteiger partial charge in [0.15, 0.2) is 0 Å². The zero-order chi connectivity index (χ0) is 20.3. The standard InChI is InChI=1S/C19H18Cl2N2O4S/c1-28(25,26)22-18-16(20)10-14(11-17(18)21)19(24)23-7-8-27-15(12-23)9-13-5-3-2-4-6-13/h2-3,5,7-8,10-12,22H,4,6,9H2,1H3. The molecule has 6 nitrogen and oxygen atoms in total. The van der Waals surface area contributed by atoms with Crippen LogP contribution in [0, 0.1) is 0 Å². The van der Waals surface area contributed by atoms with E-state index in [1.807, 2.05) is 12.2 Å². The third-order valence-electron chi connectivity index (χ3n) is 4.04. The van der Waals surface area contributed by atoms with Gasteiger partial charge >= 0.3 is 0 Å². The van der Waals surface area contributed by atoms with Crippen LogP contribution >= 0.6 is 23.2 Å². The Kier molecular flexibility index (Phi) is 6.17. The first-order valence-electron chi connectivity index (χ1n) is 8.41. The predicted octanol–water partition coefficient (Wildman–Crippen LogP) is 4.82. The zero-order valence-electron chi connectivity index (χ0n) is 15.0. The number of benzene rings is 1. The molecule has 2 aliphatic rings. The summed E-state index contributed by atoms with van der Waals surface area (Å²) in [4.78, 5) is 14.2. The van der Waals surface area contributed by atoms with Gasteiger partial charge in [-0.15, -0.1) is 0 Å². The molecule has 0 unspecified atom stereocenters. The zero-order valence-corrected chi connectivity index (χ0v) is 17.3. The number of anilines is 1. The van der Waals surface area contributed by atoms with Crippen LogP contribution in [0.4, 0.5) is 5.69 Å². The van der Waals surface area contributed by atoms with Crippen LogP contribution in [0.15, 0.2) is 60.4 Å². The lowest BCUT2D eigenvalue weighted by Crippen LogP contribution is -2.23. The van der Waals surface area contributed by atoms with Crippen molar-refractivity contribution in [1.29, 1.82) is 0 Å². The van der Waals surface area contributed by atoms with Gasteiger partial charge in [-0.1, -0.05) is 47.0 Å². The highest BCUT2D eigenvalue weighted by atomic mass is 35.5. The van der Waals surface area contributed by atoms with Crippen LogP contribution in [0.3, 0.4) is 0 Å². The van der Waals surface area contributed by atoms with Gasteiger partial charge in [0.05, 0.1) is 28.2 Å². The molecular weight excluding hydrogens is 423 g/mol. The van der Waals surface area contributed by atoms with E-state index in [0.717, 1.165) is 19.1 Å². The third-order valence-corrected chi connectivity index (χ3v) is 5.21. The molecule has 9 heteroatoms. The third kappa shape index (κ3) is 5.19. The van der Waals surface area contributed by atoms with E-state index in [-0.39, 0.29) is 27.2 Å². The number of hydrogen-bond donors (Lipinski definition) is 1. The summed E-state index contributed by atoms with van der Waals surface area (Å²) in [7, 11) is -3.56. The summed E-state index contributed by atoms with van der Waals surface area (Å²) < 4.78 is 30.6. The molecule has 1 aliphatic heterocycles. The Hall–Kier alpha value is -2.22. The molecule has 148 valence electrons. The van der Waals surface area contributed by atoms with Crippen LogP contribution in [-0.4, -0.2) is 25.5 Å². The first-order chi connectivity index (χ1) is 13.2. The van der Waals surface area contributed by atoms with Crippen LogP contribution in [-0.2, 0) is 14.8 Å². The Morgan fingerprint density at radius 3 is 2.61 bits per heavy atom. The predicted molar refractivity (Wildman–Crippen MR) is 110 cm³/mol. The van der Waals surface area contributed by atoms with Crippen molar-refractivity contribution in [3.8, 4) is 0 Å². The first-order valence-corrected chi connectivity index (χ1v) is 11.1. The number of nitrogens with zero attached hydrogens (tertiary/aromatic N) is 1. The van der Waals surface area contributed by atoms with Crippen molar-refractivity contribution in [2.75, 3.05) is 11.0 Å². The number of sulfonamides is 1. The summed E-state index contributed by atoms with van der Waals surface area (Å²) in [6.07, 6.45) is 14.2. The fraction of sp³-hybridized carbons (Fsp3) is 0.211. The second kappa shape index (κ2) is 8.43. The van der Waals surface area contributed by atoms with Crippen molar-refractivity contribution in [2.24, 2.45) is 0 Å². The van der Waals surface area contributed by atoms with E-state index in [1.54, 1.807) is 6.20 Å². The van der Waals surface area contributed by atoms with Gasteiger partial charge in [0.1, 0.15) is 12.0 Å². The number of halogens is 2. The van der Waals surface area contributed by atoms with E-state index in [0.29, 0.717) is 12.2 Å². The quantitative estimate of drug-likeness (QED) is 0.711. The molecule has 1 aromatic carbocycles. The number of ether oxygens (including phenoxy) is 1. The van der Waals surface area contributed by atoms with Crippen LogP contribution < -0.4 is 4.72 Å². The average molecular weight is 441 g/mol. The molecular formula is C19H18Cl2N2O4S. The number of amides is 1. The second-order valence-electron chi connectivity index (χ2n) is 6.37. The van der Waals surface area contributed by atoms with Crippen molar-refractivity contribution in [3.63, 3.8) is 0 Å². The Balaban J connectivity index is 1.81. The lowest BCUT2D eigenvalue weighted by molar-refractivity contribution is 0.0854. The molecule has 1 amide bonds. The number of carbonyl (C=O) groups excluding carboxylic acids is 1. The number of hydrogen-bond acceptors (Lipinski definition) is 4. The summed E-state index contributed by atoms with van der Waals surface area (Å²) in [5.74, 6) is 0.272. The van der Waals surface area contributed by atoms with Crippen LogP contribution in [0.2, 0.25) is 10.0 Å². The smallest absolute Gasteiger partial charge is 0.262 e.